The summed E-state index contributed by atoms with van der Waals surface area (Å²) in [6.45, 7) is 3.71. The zero-order valence-electron chi connectivity index (χ0n) is 25.9. The van der Waals surface area contributed by atoms with Gasteiger partial charge < -0.3 is 15.0 Å². The third-order valence-corrected chi connectivity index (χ3v) is 9.46. The van der Waals surface area contributed by atoms with E-state index in [-0.39, 0.29) is 46.1 Å². The molecule has 4 aromatic carbocycles. The van der Waals surface area contributed by atoms with E-state index < -0.39 is 28.5 Å². The molecule has 0 saturated carbocycles. The van der Waals surface area contributed by atoms with E-state index in [0.717, 1.165) is 9.87 Å². The van der Waals surface area contributed by atoms with Crippen LogP contribution in [0.4, 0.5) is 5.69 Å². The van der Waals surface area contributed by atoms with E-state index in [1.807, 2.05) is 44.2 Å². The van der Waals surface area contributed by atoms with Crippen molar-refractivity contribution in [1.29, 1.82) is 0 Å². The first-order valence-electron chi connectivity index (χ1n) is 14.8. The summed E-state index contributed by atoms with van der Waals surface area (Å²) in [7, 11) is -2.91. The first-order chi connectivity index (χ1) is 22.0. The smallest absolute Gasteiger partial charge is 0.264 e. The summed E-state index contributed by atoms with van der Waals surface area (Å²) in [6.07, 6.45) is 0.197. The molecule has 0 heterocycles. The Bertz CT molecular complexity index is 1740. The Labute approximate surface area is 280 Å². The van der Waals surface area contributed by atoms with E-state index in [1.165, 1.54) is 36.3 Å². The van der Waals surface area contributed by atoms with Gasteiger partial charge in [-0.2, -0.15) is 0 Å². The summed E-state index contributed by atoms with van der Waals surface area (Å²) in [6, 6.07) is 27.7. The maximum Gasteiger partial charge on any atom is 0.264 e. The Morgan fingerprint density at radius 2 is 1.46 bits per heavy atom. The number of halogens is 2. The summed E-state index contributed by atoms with van der Waals surface area (Å²) in [5, 5.41) is 3.69. The van der Waals surface area contributed by atoms with Gasteiger partial charge in [-0.3, -0.25) is 13.9 Å². The van der Waals surface area contributed by atoms with Gasteiger partial charge in [0, 0.05) is 29.6 Å². The minimum atomic E-state index is -4.31. The minimum Gasteiger partial charge on any atom is -0.495 e. The number of carbonyl (C=O) groups excluding carboxylic acids is 2. The number of methoxy groups -OCH3 is 1. The number of sulfonamides is 1. The lowest BCUT2D eigenvalue weighted by atomic mass is 10.0. The molecule has 1 N–H and O–H groups in total. The average molecular weight is 683 g/mol. The summed E-state index contributed by atoms with van der Waals surface area (Å²) >= 11 is 12.6. The van der Waals surface area contributed by atoms with Crippen molar-refractivity contribution in [3.05, 3.63) is 124 Å². The molecule has 0 aliphatic carbocycles. The monoisotopic (exact) mass is 681 g/mol. The lowest BCUT2D eigenvalue weighted by Gasteiger charge is -2.34. The fraction of sp³-hybridized carbons (Fsp3) is 0.257. The number of benzene rings is 4. The maximum atomic E-state index is 14.6. The SMILES string of the molecule is COc1ccc(Cl)cc1N(CC(=O)N(Cc1cccc(Cl)c1)[C@@H](Cc1ccccc1)C(=O)NCC(C)C)S(=O)(=O)c1ccccc1. The van der Waals surface area contributed by atoms with E-state index in [9.17, 15) is 18.0 Å². The molecule has 0 fully saturated rings. The highest BCUT2D eigenvalue weighted by Crippen LogP contribution is 2.35. The molecular formula is C35H37Cl2N3O5S. The van der Waals surface area contributed by atoms with Gasteiger partial charge in [0.1, 0.15) is 18.3 Å². The van der Waals surface area contributed by atoms with Crippen LogP contribution >= 0.6 is 23.2 Å². The van der Waals surface area contributed by atoms with Crippen LogP contribution in [0.2, 0.25) is 10.0 Å². The van der Waals surface area contributed by atoms with E-state index in [4.69, 9.17) is 27.9 Å². The molecule has 46 heavy (non-hydrogen) atoms. The zero-order valence-corrected chi connectivity index (χ0v) is 28.2. The van der Waals surface area contributed by atoms with Crippen LogP contribution in [0, 0.1) is 5.92 Å². The number of nitrogens with one attached hydrogen (secondary N) is 1. The molecule has 4 rings (SSSR count). The molecule has 2 amide bonds. The van der Waals surface area contributed by atoms with Crippen molar-refractivity contribution < 1.29 is 22.7 Å². The molecule has 0 aliphatic heterocycles. The number of ether oxygens (including phenoxy) is 1. The predicted molar refractivity (Wildman–Crippen MR) is 183 cm³/mol. The Kier molecular flexibility index (Phi) is 12.1. The largest absolute Gasteiger partial charge is 0.495 e. The molecule has 0 unspecified atom stereocenters. The van der Waals surface area contributed by atoms with Crippen LogP contribution in [0.3, 0.4) is 0 Å². The molecule has 0 aromatic heterocycles. The summed E-state index contributed by atoms with van der Waals surface area (Å²) < 4.78 is 34.9. The highest BCUT2D eigenvalue weighted by Gasteiger charge is 2.35. The normalized spacial score (nSPS) is 12.0. The fourth-order valence-corrected chi connectivity index (χ4v) is 6.72. The van der Waals surface area contributed by atoms with Gasteiger partial charge in [-0.25, -0.2) is 8.42 Å². The Balaban J connectivity index is 1.84. The van der Waals surface area contributed by atoms with Crippen molar-refractivity contribution in [2.24, 2.45) is 5.92 Å². The molecule has 11 heteroatoms. The van der Waals surface area contributed by atoms with Gasteiger partial charge in [0.2, 0.25) is 11.8 Å². The Morgan fingerprint density at radius 3 is 2.09 bits per heavy atom. The Hall–Kier alpha value is -4.05. The van der Waals surface area contributed by atoms with E-state index >= 15 is 0 Å². The van der Waals surface area contributed by atoms with E-state index in [0.29, 0.717) is 17.1 Å². The van der Waals surface area contributed by atoms with Crippen LogP contribution in [0.15, 0.2) is 108 Å². The third-order valence-electron chi connectivity index (χ3n) is 7.22. The molecule has 0 radical (unpaired) electrons. The van der Waals surface area contributed by atoms with Crippen molar-refractivity contribution >= 4 is 50.7 Å². The minimum absolute atomic E-state index is 0.00209. The van der Waals surface area contributed by atoms with Crippen molar-refractivity contribution in [3.8, 4) is 5.75 Å². The standard InChI is InChI=1S/C35H37Cl2N3O5S/c1-25(2)22-38-35(42)32(20-26-11-6-4-7-12-26)39(23-27-13-10-14-28(36)19-27)34(41)24-40(31-21-29(37)17-18-33(31)45-3)46(43,44)30-15-8-5-9-16-30/h4-19,21,25,32H,20,22-24H2,1-3H3,(H,38,42)/t32-/m0/s1. The predicted octanol–water partition coefficient (Wildman–Crippen LogP) is 6.61. The number of rotatable bonds is 14. The molecular weight excluding hydrogens is 645 g/mol. The van der Waals surface area contributed by atoms with Crippen molar-refractivity contribution in [3.63, 3.8) is 0 Å². The molecule has 4 aromatic rings. The van der Waals surface area contributed by atoms with Crippen LogP contribution in [-0.2, 0) is 32.6 Å². The third kappa shape index (κ3) is 9.02. The van der Waals surface area contributed by atoms with Gasteiger partial charge in [-0.15, -0.1) is 0 Å². The van der Waals surface area contributed by atoms with Crippen LogP contribution in [0.25, 0.3) is 0 Å². The molecule has 0 aliphatic rings. The van der Waals surface area contributed by atoms with Gasteiger partial charge in [0.15, 0.2) is 0 Å². The van der Waals surface area contributed by atoms with Crippen LogP contribution < -0.4 is 14.4 Å². The molecule has 0 saturated heterocycles. The van der Waals surface area contributed by atoms with Gasteiger partial charge >= 0.3 is 0 Å². The highest BCUT2D eigenvalue weighted by molar-refractivity contribution is 7.92. The lowest BCUT2D eigenvalue weighted by molar-refractivity contribution is -0.140. The molecule has 8 nitrogen and oxygen atoms in total. The van der Waals surface area contributed by atoms with Gasteiger partial charge in [-0.05, 0) is 59.5 Å². The highest BCUT2D eigenvalue weighted by atomic mass is 35.5. The van der Waals surface area contributed by atoms with Gasteiger partial charge in [0.25, 0.3) is 10.0 Å². The topological polar surface area (TPSA) is 96.0 Å². The molecule has 0 spiro atoms. The fourth-order valence-electron chi connectivity index (χ4n) is 4.90. The number of hydrogen-bond acceptors (Lipinski definition) is 5. The zero-order chi connectivity index (χ0) is 33.3. The number of anilines is 1. The van der Waals surface area contributed by atoms with Crippen LogP contribution in [-0.4, -0.2) is 51.4 Å². The van der Waals surface area contributed by atoms with Crippen molar-refractivity contribution in [1.82, 2.24) is 10.2 Å². The number of nitrogens with zero attached hydrogens (tertiary/aromatic N) is 2. The van der Waals surface area contributed by atoms with E-state index in [1.54, 1.807) is 48.5 Å². The van der Waals surface area contributed by atoms with Gasteiger partial charge in [-0.1, -0.05) is 97.7 Å². The van der Waals surface area contributed by atoms with Crippen molar-refractivity contribution in [2.45, 2.75) is 37.8 Å². The molecule has 1 atom stereocenters. The quantitative estimate of drug-likeness (QED) is 0.162. The second-order valence-electron chi connectivity index (χ2n) is 11.1. The maximum absolute atomic E-state index is 14.6. The molecule has 0 bridgehead atoms. The molecule has 242 valence electrons. The first-order valence-corrected chi connectivity index (χ1v) is 17.0. The second-order valence-corrected chi connectivity index (χ2v) is 13.9. The van der Waals surface area contributed by atoms with E-state index in [2.05, 4.69) is 5.32 Å². The van der Waals surface area contributed by atoms with Crippen molar-refractivity contribution in [2.75, 3.05) is 24.5 Å². The lowest BCUT2D eigenvalue weighted by Crippen LogP contribution is -2.53. The number of amides is 2. The average Bonchev–Trinajstić information content (AvgIpc) is 3.04. The summed E-state index contributed by atoms with van der Waals surface area (Å²) in [5.74, 6) is -0.596. The van der Waals surface area contributed by atoms with Crippen LogP contribution in [0.5, 0.6) is 5.75 Å². The number of hydrogen-bond donors (Lipinski definition) is 1. The number of carbonyl (C=O) groups is 2. The first kappa shape index (κ1) is 34.8. The summed E-state index contributed by atoms with van der Waals surface area (Å²) in [5.41, 5.74) is 1.59. The van der Waals surface area contributed by atoms with Gasteiger partial charge in [0.05, 0.1) is 17.7 Å². The second kappa shape index (κ2) is 16.0. The van der Waals surface area contributed by atoms with Crippen LogP contribution in [0.1, 0.15) is 25.0 Å². The summed E-state index contributed by atoms with van der Waals surface area (Å²) in [4.78, 5) is 29.8. The Morgan fingerprint density at radius 1 is 0.826 bits per heavy atom.